The Hall–Kier alpha value is -3.62. The van der Waals surface area contributed by atoms with Crippen molar-refractivity contribution in [2.24, 2.45) is 0 Å². The van der Waals surface area contributed by atoms with Crippen LogP contribution in [0, 0.1) is 0 Å². The minimum absolute atomic E-state index is 0.0121. The van der Waals surface area contributed by atoms with Crippen LogP contribution in [0.15, 0.2) is 100 Å². The number of aromatic nitrogens is 4. The van der Waals surface area contributed by atoms with Crippen molar-refractivity contribution in [3.8, 4) is 0 Å². The first-order valence-corrected chi connectivity index (χ1v) is 13.5. The molecule has 3 aromatic carbocycles. The van der Waals surface area contributed by atoms with Crippen LogP contribution in [-0.2, 0) is 11.3 Å². The molecule has 6 rings (SSSR count). The molecule has 178 valence electrons. The topological polar surface area (TPSA) is 63.9 Å². The van der Waals surface area contributed by atoms with E-state index in [0.29, 0.717) is 18.1 Å². The summed E-state index contributed by atoms with van der Waals surface area (Å²) < 4.78 is 2.09. The van der Waals surface area contributed by atoms with E-state index in [9.17, 15) is 4.79 Å². The maximum atomic E-state index is 14.0. The number of nitrogens with zero attached hydrogens (tertiary/aromatic N) is 5. The van der Waals surface area contributed by atoms with E-state index in [1.54, 1.807) is 11.8 Å². The molecule has 6 nitrogen and oxygen atoms in total. The van der Waals surface area contributed by atoms with Gasteiger partial charge in [0.2, 0.25) is 11.1 Å². The maximum Gasteiger partial charge on any atom is 0.245 e. The molecule has 0 bridgehead atoms. The van der Waals surface area contributed by atoms with E-state index in [1.165, 1.54) is 11.8 Å². The lowest BCUT2D eigenvalue weighted by atomic mass is 10.2. The Balaban J connectivity index is 1.39. The first-order valence-electron chi connectivity index (χ1n) is 11.8. The number of carbonyl (C=O) groups excluding carboxylic acids is 1. The lowest BCUT2D eigenvalue weighted by Crippen LogP contribution is -2.35. The van der Waals surface area contributed by atoms with Crippen LogP contribution in [0.4, 0.5) is 11.4 Å². The van der Waals surface area contributed by atoms with Gasteiger partial charge in [-0.2, -0.15) is 0 Å². The third kappa shape index (κ3) is 3.77. The monoisotopic (exact) mass is 509 g/mol. The second-order valence-corrected chi connectivity index (χ2v) is 10.7. The minimum atomic E-state index is -0.370. The third-order valence-corrected chi connectivity index (χ3v) is 8.55. The van der Waals surface area contributed by atoms with Crippen molar-refractivity contribution in [3.63, 3.8) is 0 Å². The molecular weight excluding hydrogens is 486 g/mol. The second kappa shape index (κ2) is 9.44. The average molecular weight is 510 g/mol. The maximum absolute atomic E-state index is 14.0. The van der Waals surface area contributed by atoms with Crippen LogP contribution in [0.3, 0.4) is 0 Å². The largest absolute Gasteiger partial charge is 0.320 e. The molecule has 0 saturated carbocycles. The summed E-state index contributed by atoms with van der Waals surface area (Å²) in [6.07, 6.45) is 2.48. The first-order chi connectivity index (χ1) is 17.7. The fourth-order valence-electron chi connectivity index (χ4n) is 4.57. The van der Waals surface area contributed by atoms with Crippen molar-refractivity contribution in [2.45, 2.75) is 40.1 Å². The highest BCUT2D eigenvalue weighted by Crippen LogP contribution is 2.48. The van der Waals surface area contributed by atoms with Gasteiger partial charge in [-0.1, -0.05) is 79.0 Å². The van der Waals surface area contributed by atoms with Crippen LogP contribution in [0.2, 0.25) is 0 Å². The number of thioether (sulfide) groups is 1. The minimum Gasteiger partial charge on any atom is -0.320 e. The van der Waals surface area contributed by atoms with E-state index in [2.05, 4.69) is 39.5 Å². The number of para-hydroxylation sites is 3. The number of allylic oxidation sites excluding steroid dienone is 1. The summed E-state index contributed by atoms with van der Waals surface area (Å²) in [6, 6.07) is 24.2. The third-order valence-electron chi connectivity index (χ3n) is 6.21. The Morgan fingerprint density at radius 2 is 1.67 bits per heavy atom. The molecule has 0 N–H and O–H groups in total. The Labute approximate surface area is 217 Å². The molecule has 0 unspecified atom stereocenters. The molecule has 5 aromatic rings. The number of anilines is 2. The predicted octanol–water partition coefficient (Wildman–Crippen LogP) is 6.87. The molecule has 1 amide bonds. The Bertz CT molecular complexity index is 1580. The zero-order valence-electron chi connectivity index (χ0n) is 19.7. The number of rotatable bonds is 6. The molecule has 0 saturated heterocycles. The molecule has 2 aromatic heterocycles. The Morgan fingerprint density at radius 1 is 1.00 bits per heavy atom. The van der Waals surface area contributed by atoms with E-state index in [0.717, 1.165) is 43.2 Å². The van der Waals surface area contributed by atoms with Crippen molar-refractivity contribution in [2.75, 3.05) is 4.90 Å². The van der Waals surface area contributed by atoms with Crippen LogP contribution < -0.4 is 4.90 Å². The summed E-state index contributed by atoms with van der Waals surface area (Å²) in [7, 11) is 0. The fourth-order valence-corrected chi connectivity index (χ4v) is 6.49. The van der Waals surface area contributed by atoms with Gasteiger partial charge in [-0.25, -0.2) is 4.98 Å². The van der Waals surface area contributed by atoms with Gasteiger partial charge in [0.15, 0.2) is 5.65 Å². The van der Waals surface area contributed by atoms with Crippen molar-refractivity contribution in [1.82, 2.24) is 19.7 Å². The normalized spacial score (nSPS) is 13.4. The number of benzene rings is 3. The lowest BCUT2D eigenvalue weighted by Gasteiger charge is -2.33. The summed E-state index contributed by atoms with van der Waals surface area (Å²) in [5.41, 5.74) is 4.36. The van der Waals surface area contributed by atoms with E-state index in [4.69, 9.17) is 4.98 Å². The Kier molecular flexibility index (Phi) is 5.99. The summed E-state index contributed by atoms with van der Waals surface area (Å²) in [6.45, 7) is 6.54. The zero-order chi connectivity index (χ0) is 24.6. The van der Waals surface area contributed by atoms with Gasteiger partial charge < -0.3 is 4.57 Å². The van der Waals surface area contributed by atoms with Crippen molar-refractivity contribution >= 4 is 62.9 Å². The van der Waals surface area contributed by atoms with Gasteiger partial charge in [0.25, 0.3) is 0 Å². The average Bonchev–Trinajstić information content (AvgIpc) is 3.23. The van der Waals surface area contributed by atoms with Gasteiger partial charge in [0, 0.05) is 21.7 Å². The number of amides is 1. The highest BCUT2D eigenvalue weighted by Gasteiger charge is 2.33. The van der Waals surface area contributed by atoms with Gasteiger partial charge in [-0.15, -0.1) is 16.8 Å². The smallest absolute Gasteiger partial charge is 0.245 e. The SMILES string of the molecule is C=CCn1c2ccccc2c2nnc(S[C@H](CC)C(=O)N3c4ccccc4Sc4ccccc43)nc21. The highest BCUT2D eigenvalue weighted by molar-refractivity contribution is 8.00. The Morgan fingerprint density at radius 3 is 2.36 bits per heavy atom. The van der Waals surface area contributed by atoms with E-state index in [-0.39, 0.29) is 11.2 Å². The van der Waals surface area contributed by atoms with Gasteiger partial charge in [-0.05, 0) is 36.8 Å². The molecule has 3 heterocycles. The number of carbonyl (C=O) groups is 1. The van der Waals surface area contributed by atoms with Crippen LogP contribution in [0.1, 0.15) is 13.3 Å². The number of hydrogen-bond acceptors (Lipinski definition) is 6. The van der Waals surface area contributed by atoms with Gasteiger partial charge in [0.05, 0.1) is 22.1 Å². The van der Waals surface area contributed by atoms with Crippen LogP contribution in [-0.4, -0.2) is 30.9 Å². The molecule has 1 atom stereocenters. The number of hydrogen-bond donors (Lipinski definition) is 0. The molecule has 1 aliphatic rings. The van der Waals surface area contributed by atoms with Crippen LogP contribution in [0.5, 0.6) is 0 Å². The summed E-state index contributed by atoms with van der Waals surface area (Å²) >= 11 is 3.06. The summed E-state index contributed by atoms with van der Waals surface area (Å²) in [5.74, 6) is 0.0121. The van der Waals surface area contributed by atoms with Crippen molar-refractivity contribution in [1.29, 1.82) is 0 Å². The molecule has 1 aliphatic heterocycles. The van der Waals surface area contributed by atoms with Crippen molar-refractivity contribution in [3.05, 3.63) is 85.5 Å². The lowest BCUT2D eigenvalue weighted by molar-refractivity contribution is -0.117. The summed E-state index contributed by atoms with van der Waals surface area (Å²) in [4.78, 5) is 22.9. The van der Waals surface area contributed by atoms with E-state index >= 15 is 0 Å². The summed E-state index contributed by atoms with van der Waals surface area (Å²) in [5, 5.41) is 10.1. The first kappa shape index (κ1) is 22.8. The molecule has 8 heteroatoms. The van der Waals surface area contributed by atoms with E-state index < -0.39 is 0 Å². The van der Waals surface area contributed by atoms with Crippen LogP contribution >= 0.6 is 23.5 Å². The standard InChI is InChI=1S/C28H23N5OS2/c1-3-17-32-19-12-6-5-11-18(19)25-26(32)29-28(31-30-25)36-22(4-2)27(34)33-20-13-7-9-15-23(20)35-24-16-10-8-14-21(24)33/h3,5-16,22H,1,4,17H2,2H3/t22-/m1/s1. The number of fused-ring (bicyclic) bond motifs is 5. The quantitative estimate of drug-likeness (QED) is 0.184. The van der Waals surface area contributed by atoms with Gasteiger partial charge in [0.1, 0.15) is 5.52 Å². The zero-order valence-corrected chi connectivity index (χ0v) is 21.3. The predicted molar refractivity (Wildman–Crippen MR) is 147 cm³/mol. The van der Waals surface area contributed by atoms with Gasteiger partial charge in [-0.3, -0.25) is 9.69 Å². The van der Waals surface area contributed by atoms with E-state index in [1.807, 2.05) is 72.5 Å². The molecular formula is C28H23N5OS2. The molecule has 0 radical (unpaired) electrons. The van der Waals surface area contributed by atoms with Gasteiger partial charge >= 0.3 is 0 Å². The van der Waals surface area contributed by atoms with Crippen molar-refractivity contribution < 1.29 is 4.79 Å². The molecule has 0 spiro atoms. The van der Waals surface area contributed by atoms with Crippen LogP contribution in [0.25, 0.3) is 22.1 Å². The molecule has 0 fully saturated rings. The molecule has 0 aliphatic carbocycles. The highest BCUT2D eigenvalue weighted by atomic mass is 32.2. The second-order valence-electron chi connectivity index (χ2n) is 8.41. The molecule has 36 heavy (non-hydrogen) atoms. The fraction of sp³-hybridized carbons (Fsp3) is 0.143.